The molecule has 2 atom stereocenters. The van der Waals surface area contributed by atoms with Crippen molar-refractivity contribution in [1.29, 1.82) is 0 Å². The van der Waals surface area contributed by atoms with Crippen LogP contribution in [0.15, 0.2) is 42.5 Å². The Kier molecular flexibility index (Phi) is 5.34. The van der Waals surface area contributed by atoms with E-state index in [1.807, 2.05) is 12.1 Å². The fourth-order valence-corrected chi connectivity index (χ4v) is 2.68. The van der Waals surface area contributed by atoms with Gasteiger partial charge in [0.15, 0.2) is 5.78 Å². The average molecular weight is 258 g/mol. The summed E-state index contributed by atoms with van der Waals surface area (Å²) in [6.07, 6.45) is 8.42. The van der Waals surface area contributed by atoms with Crippen molar-refractivity contribution in [2.45, 2.75) is 44.6 Å². The highest BCUT2D eigenvalue weighted by molar-refractivity contribution is 5.93. The predicted octanol–water partition coefficient (Wildman–Crippen LogP) is 3.30. The Morgan fingerprint density at radius 1 is 1.11 bits per heavy atom. The number of benzene rings is 1. The van der Waals surface area contributed by atoms with Gasteiger partial charge in [-0.1, -0.05) is 49.2 Å². The van der Waals surface area contributed by atoms with Gasteiger partial charge in [-0.05, 0) is 43.2 Å². The summed E-state index contributed by atoms with van der Waals surface area (Å²) in [5, 5.41) is 9.67. The maximum absolute atomic E-state index is 11.5. The highest BCUT2D eigenvalue weighted by Crippen LogP contribution is 2.22. The van der Waals surface area contributed by atoms with E-state index in [0.29, 0.717) is 12.3 Å². The standard InChI is InChI=1S/C17H22O2/c18-16-11-5-4-9-15(10-6-12-17(16)19)13-14-7-2-1-3-8-14/h1-3,5,7-8,11,15,17,19H,4,6,9-10,12-13H2. The molecular formula is C17H22O2. The molecule has 1 aromatic rings. The van der Waals surface area contributed by atoms with Crippen molar-refractivity contribution in [3.8, 4) is 0 Å². The van der Waals surface area contributed by atoms with Crippen molar-refractivity contribution in [2.24, 2.45) is 5.92 Å². The van der Waals surface area contributed by atoms with Crippen LogP contribution in [0, 0.1) is 5.92 Å². The largest absolute Gasteiger partial charge is 0.385 e. The van der Waals surface area contributed by atoms with Gasteiger partial charge >= 0.3 is 0 Å². The zero-order valence-corrected chi connectivity index (χ0v) is 11.3. The van der Waals surface area contributed by atoms with Crippen LogP contribution >= 0.6 is 0 Å². The van der Waals surface area contributed by atoms with E-state index >= 15 is 0 Å². The van der Waals surface area contributed by atoms with Gasteiger partial charge in [0.1, 0.15) is 6.10 Å². The minimum Gasteiger partial charge on any atom is -0.385 e. The lowest BCUT2D eigenvalue weighted by Crippen LogP contribution is -2.19. The molecule has 1 aliphatic rings. The van der Waals surface area contributed by atoms with E-state index < -0.39 is 6.10 Å². The smallest absolute Gasteiger partial charge is 0.183 e. The molecule has 2 heteroatoms. The summed E-state index contributed by atoms with van der Waals surface area (Å²) in [5.74, 6) is 0.508. The maximum atomic E-state index is 11.5. The number of carbonyl (C=O) groups is 1. The third-order valence-corrected chi connectivity index (χ3v) is 3.81. The lowest BCUT2D eigenvalue weighted by molar-refractivity contribution is -0.122. The molecule has 2 rings (SSSR count). The number of rotatable bonds is 2. The van der Waals surface area contributed by atoms with Crippen molar-refractivity contribution in [3.05, 3.63) is 48.0 Å². The summed E-state index contributed by atoms with van der Waals surface area (Å²) in [6, 6.07) is 10.6. The molecule has 0 heterocycles. The first-order chi connectivity index (χ1) is 9.25. The molecule has 0 spiro atoms. The van der Waals surface area contributed by atoms with E-state index in [1.54, 1.807) is 6.08 Å². The van der Waals surface area contributed by atoms with Crippen molar-refractivity contribution < 1.29 is 9.90 Å². The number of ketones is 1. The first kappa shape index (κ1) is 14.0. The average Bonchev–Trinajstić information content (AvgIpc) is 2.43. The van der Waals surface area contributed by atoms with E-state index in [-0.39, 0.29) is 5.78 Å². The molecular weight excluding hydrogens is 236 g/mol. The van der Waals surface area contributed by atoms with Gasteiger partial charge in [-0.2, -0.15) is 0 Å². The Balaban J connectivity index is 1.94. The molecule has 102 valence electrons. The van der Waals surface area contributed by atoms with E-state index in [9.17, 15) is 9.90 Å². The summed E-state index contributed by atoms with van der Waals surface area (Å²) in [6.45, 7) is 0. The van der Waals surface area contributed by atoms with E-state index in [4.69, 9.17) is 0 Å². The second kappa shape index (κ2) is 7.25. The Morgan fingerprint density at radius 2 is 1.89 bits per heavy atom. The minimum atomic E-state index is -0.799. The Bertz CT molecular complexity index is 422. The summed E-state index contributed by atoms with van der Waals surface area (Å²) >= 11 is 0. The third kappa shape index (κ3) is 4.64. The Hall–Kier alpha value is -1.41. The molecule has 1 aliphatic carbocycles. The third-order valence-electron chi connectivity index (χ3n) is 3.81. The highest BCUT2D eigenvalue weighted by Gasteiger charge is 2.16. The number of hydrogen-bond donors (Lipinski definition) is 1. The molecule has 2 nitrogen and oxygen atoms in total. The monoisotopic (exact) mass is 258 g/mol. The number of aliphatic hydroxyl groups is 1. The summed E-state index contributed by atoms with van der Waals surface area (Å²) < 4.78 is 0. The van der Waals surface area contributed by atoms with E-state index in [1.165, 1.54) is 5.56 Å². The number of carbonyl (C=O) groups excluding carboxylic acids is 1. The molecule has 2 unspecified atom stereocenters. The van der Waals surface area contributed by atoms with Gasteiger partial charge in [0.05, 0.1) is 0 Å². The number of hydrogen-bond acceptors (Lipinski definition) is 2. The second-order valence-corrected chi connectivity index (χ2v) is 5.38. The van der Waals surface area contributed by atoms with Crippen molar-refractivity contribution in [1.82, 2.24) is 0 Å². The van der Waals surface area contributed by atoms with Gasteiger partial charge in [-0.25, -0.2) is 0 Å². The quantitative estimate of drug-likeness (QED) is 0.883. The van der Waals surface area contributed by atoms with Crippen LogP contribution in [0.4, 0.5) is 0 Å². The van der Waals surface area contributed by atoms with Gasteiger partial charge < -0.3 is 5.11 Å². The molecule has 0 aliphatic heterocycles. The van der Waals surface area contributed by atoms with Crippen LogP contribution in [-0.4, -0.2) is 17.0 Å². The fourth-order valence-electron chi connectivity index (χ4n) is 2.68. The molecule has 0 radical (unpaired) electrons. The van der Waals surface area contributed by atoms with Crippen LogP contribution in [0.5, 0.6) is 0 Å². The van der Waals surface area contributed by atoms with Crippen LogP contribution in [0.1, 0.15) is 37.7 Å². The summed E-state index contributed by atoms with van der Waals surface area (Å²) in [5.41, 5.74) is 1.38. The van der Waals surface area contributed by atoms with Gasteiger partial charge in [-0.3, -0.25) is 4.79 Å². The fraction of sp³-hybridized carbons (Fsp3) is 0.471. The van der Waals surface area contributed by atoms with Crippen LogP contribution in [0.2, 0.25) is 0 Å². The van der Waals surface area contributed by atoms with Crippen LogP contribution in [0.3, 0.4) is 0 Å². The highest BCUT2D eigenvalue weighted by atomic mass is 16.3. The lowest BCUT2D eigenvalue weighted by atomic mass is 9.88. The normalized spacial score (nSPS) is 25.2. The zero-order valence-electron chi connectivity index (χ0n) is 11.3. The Morgan fingerprint density at radius 3 is 2.68 bits per heavy atom. The van der Waals surface area contributed by atoms with Gasteiger partial charge in [-0.15, -0.1) is 0 Å². The molecule has 0 bridgehead atoms. The predicted molar refractivity (Wildman–Crippen MR) is 76.9 cm³/mol. The molecule has 1 N–H and O–H groups in total. The molecule has 0 saturated carbocycles. The number of aliphatic hydroxyl groups excluding tert-OH is 1. The first-order valence-corrected chi connectivity index (χ1v) is 7.18. The van der Waals surface area contributed by atoms with Gasteiger partial charge in [0.25, 0.3) is 0 Å². The summed E-state index contributed by atoms with van der Waals surface area (Å²) in [4.78, 5) is 11.5. The molecule has 0 amide bonds. The summed E-state index contributed by atoms with van der Waals surface area (Å²) in [7, 11) is 0. The minimum absolute atomic E-state index is 0.137. The van der Waals surface area contributed by atoms with E-state index in [2.05, 4.69) is 24.3 Å². The van der Waals surface area contributed by atoms with Crippen LogP contribution in [0.25, 0.3) is 0 Å². The molecule has 0 fully saturated rings. The first-order valence-electron chi connectivity index (χ1n) is 7.18. The topological polar surface area (TPSA) is 37.3 Å². The van der Waals surface area contributed by atoms with E-state index in [0.717, 1.165) is 32.1 Å². The van der Waals surface area contributed by atoms with Crippen molar-refractivity contribution in [2.75, 3.05) is 0 Å². The lowest BCUT2D eigenvalue weighted by Gasteiger charge is -2.18. The van der Waals surface area contributed by atoms with Crippen molar-refractivity contribution >= 4 is 5.78 Å². The Labute approximate surface area is 115 Å². The maximum Gasteiger partial charge on any atom is 0.183 e. The van der Waals surface area contributed by atoms with Gasteiger partial charge in [0, 0.05) is 0 Å². The van der Waals surface area contributed by atoms with Crippen LogP contribution in [-0.2, 0) is 11.2 Å². The van der Waals surface area contributed by atoms with Crippen molar-refractivity contribution in [3.63, 3.8) is 0 Å². The molecule has 19 heavy (non-hydrogen) atoms. The molecule has 0 aromatic heterocycles. The molecule has 0 saturated heterocycles. The zero-order chi connectivity index (χ0) is 13.5. The number of allylic oxidation sites excluding steroid dienone is 1. The second-order valence-electron chi connectivity index (χ2n) is 5.38. The van der Waals surface area contributed by atoms with Crippen LogP contribution < -0.4 is 0 Å². The molecule has 1 aromatic carbocycles. The SMILES string of the molecule is O=C1C=CCCC(Cc2ccccc2)CCCC1O. The van der Waals surface area contributed by atoms with Gasteiger partial charge in [0.2, 0.25) is 0 Å².